The van der Waals surface area contributed by atoms with E-state index in [9.17, 15) is 10.2 Å². The molecule has 88 heavy (non-hydrogen) atoms. The van der Waals surface area contributed by atoms with E-state index in [0.29, 0.717) is 46.2 Å². The van der Waals surface area contributed by atoms with Gasteiger partial charge in [0.1, 0.15) is 60.3 Å². The lowest BCUT2D eigenvalue weighted by Gasteiger charge is -2.37. The highest BCUT2D eigenvalue weighted by molar-refractivity contribution is 9.09. The van der Waals surface area contributed by atoms with Crippen LogP contribution in [0.4, 0.5) is 0 Å². The topological polar surface area (TPSA) is 133 Å². The van der Waals surface area contributed by atoms with E-state index in [1.54, 1.807) is 26.4 Å². The van der Waals surface area contributed by atoms with E-state index in [1.165, 1.54) is 11.1 Å². The standard InChI is InChI=1S/C37H40O6.C29H34O6.C8H8Br2/c1-3-34(40-22-28-12-6-4-7-13-28)36-37(42-24-29-14-8-5-9-15-29)35(41-23-30-18-20-33(38-2)21-19-30)27-39-25-31-16-10-11-17-32(31)26-43-36;1-3-26(33-19-22-10-6-4-7-11-22)28(31)29(35-21-23-12-8-5-9-13-23)27(18-30)34-20-24-14-16-25(32-2)17-15-24;9-5-7-3-1-2-4-8(7)6-10/h3-21,34-37H,1,22-27H2,2H3;3-17,26-31H,1,18-21H2,2H3;1-4H,5-6H2/t34-,35?,36?,37+;26?,27?,28-,29-;/m11./s1. The SMILES string of the molecule is BrCc1ccccc1CBr.C=CC(OCc1ccccc1)[C@@H](O)[C@H](OCc1ccccc1)C(CO)OCc1ccc(OC)cc1.C=C[C@@H](OCc1ccccc1)C1OCc2ccccc2COCC(OCc2ccc(OC)cc2)[C@@H]1OCc1ccccc1. The maximum Gasteiger partial charge on any atom is 0.118 e. The molecule has 0 radical (unpaired) electrons. The molecular formula is C74H82Br2O12. The minimum Gasteiger partial charge on any atom is -0.497 e. The highest BCUT2D eigenvalue weighted by atomic mass is 79.9. The van der Waals surface area contributed by atoms with Crippen LogP contribution in [0.3, 0.4) is 0 Å². The number of halogens is 2. The Balaban J connectivity index is 0.000000220. The monoisotopic (exact) mass is 1320 g/mol. The molecule has 0 bridgehead atoms. The van der Waals surface area contributed by atoms with Crippen molar-refractivity contribution in [2.75, 3.05) is 27.4 Å². The maximum absolute atomic E-state index is 11.3. The van der Waals surface area contributed by atoms with Gasteiger partial charge in [0.25, 0.3) is 0 Å². The van der Waals surface area contributed by atoms with Crippen LogP contribution in [0, 0.1) is 0 Å². The molecular weight excluding hydrogens is 1240 g/mol. The fraction of sp³-hybridized carbons (Fsp3) is 0.297. The van der Waals surface area contributed by atoms with Crippen molar-refractivity contribution in [2.45, 2.75) is 112 Å². The lowest BCUT2D eigenvalue weighted by Crippen LogP contribution is -2.50. The van der Waals surface area contributed by atoms with Crippen LogP contribution in [0.2, 0.25) is 0 Å². The summed E-state index contributed by atoms with van der Waals surface area (Å²) in [6.07, 6.45) is -2.14. The van der Waals surface area contributed by atoms with Gasteiger partial charge in [0.15, 0.2) is 0 Å². The lowest BCUT2D eigenvalue weighted by atomic mass is 10.0. The molecule has 2 N–H and O–H groups in total. The number of fused-ring (bicyclic) bond motifs is 1. The van der Waals surface area contributed by atoms with Gasteiger partial charge in [-0.25, -0.2) is 0 Å². The zero-order valence-electron chi connectivity index (χ0n) is 50.2. The Morgan fingerprint density at radius 2 is 0.909 bits per heavy atom. The summed E-state index contributed by atoms with van der Waals surface area (Å²) >= 11 is 6.86. The third kappa shape index (κ3) is 22.8. The van der Waals surface area contributed by atoms with E-state index in [-0.39, 0.29) is 19.8 Å². The Morgan fingerprint density at radius 1 is 0.489 bits per heavy atom. The van der Waals surface area contributed by atoms with Gasteiger partial charge in [-0.1, -0.05) is 238 Å². The number of methoxy groups -OCH3 is 2. The normalized spacial score (nSPS) is 16.5. The smallest absolute Gasteiger partial charge is 0.118 e. The van der Waals surface area contributed by atoms with Gasteiger partial charge >= 0.3 is 0 Å². The maximum atomic E-state index is 11.3. The van der Waals surface area contributed by atoms with Gasteiger partial charge in [-0.05, 0) is 79.9 Å². The first-order valence-corrected chi connectivity index (χ1v) is 31.6. The van der Waals surface area contributed by atoms with Crippen molar-refractivity contribution in [1.29, 1.82) is 0 Å². The molecule has 1 heterocycles. The Bertz CT molecular complexity index is 3140. The van der Waals surface area contributed by atoms with Crippen molar-refractivity contribution in [1.82, 2.24) is 0 Å². The van der Waals surface area contributed by atoms with Crippen molar-refractivity contribution in [3.05, 3.63) is 299 Å². The molecule has 1 aliphatic heterocycles. The van der Waals surface area contributed by atoms with Gasteiger partial charge < -0.3 is 57.6 Å². The largest absolute Gasteiger partial charge is 0.497 e. The molecule has 1 aliphatic rings. The summed E-state index contributed by atoms with van der Waals surface area (Å²) in [5, 5.41) is 23.3. The average Bonchev–Trinajstić information content (AvgIpc) is 3.25. The van der Waals surface area contributed by atoms with Gasteiger partial charge in [0.2, 0.25) is 0 Å². The zero-order chi connectivity index (χ0) is 62.0. The first kappa shape index (κ1) is 68.9. The number of aliphatic hydroxyl groups excluding tert-OH is 2. The van der Waals surface area contributed by atoms with Gasteiger partial charge in [0, 0.05) is 10.7 Å². The summed E-state index contributed by atoms with van der Waals surface area (Å²) in [6.45, 7) is 10.7. The molecule has 0 spiro atoms. The Hall–Kier alpha value is -6.60. The van der Waals surface area contributed by atoms with E-state index in [0.717, 1.165) is 66.7 Å². The van der Waals surface area contributed by atoms with Gasteiger partial charge in [0.05, 0.1) is 80.3 Å². The molecule has 8 atom stereocenters. The molecule has 8 aromatic carbocycles. The second-order valence-electron chi connectivity index (χ2n) is 20.7. The molecule has 12 nitrogen and oxygen atoms in total. The zero-order valence-corrected chi connectivity index (χ0v) is 53.4. The molecule has 9 rings (SSSR count). The Labute approximate surface area is 536 Å². The molecule has 0 fully saturated rings. The first-order valence-electron chi connectivity index (χ1n) is 29.4. The van der Waals surface area contributed by atoms with E-state index >= 15 is 0 Å². The van der Waals surface area contributed by atoms with Gasteiger partial charge in [-0.2, -0.15) is 0 Å². The molecule has 0 aromatic heterocycles. The molecule has 14 heteroatoms. The predicted octanol–water partition coefficient (Wildman–Crippen LogP) is 14.8. The summed E-state index contributed by atoms with van der Waals surface area (Å²) in [4.78, 5) is 0. The van der Waals surface area contributed by atoms with Crippen LogP contribution in [0.5, 0.6) is 11.5 Å². The quantitative estimate of drug-likeness (QED) is 0.0342. The molecule has 4 unspecified atom stereocenters. The van der Waals surface area contributed by atoms with Gasteiger partial charge in [-0.15, -0.1) is 13.2 Å². The molecule has 8 aromatic rings. The number of alkyl halides is 2. The van der Waals surface area contributed by atoms with E-state index in [4.69, 9.17) is 47.4 Å². The van der Waals surface area contributed by atoms with E-state index in [1.807, 2.05) is 182 Å². The minimum atomic E-state index is -1.12. The highest BCUT2D eigenvalue weighted by Gasteiger charge is 2.39. The molecule has 0 amide bonds. The van der Waals surface area contributed by atoms with Gasteiger partial charge in [-0.3, -0.25) is 0 Å². The van der Waals surface area contributed by atoms with Crippen molar-refractivity contribution >= 4 is 31.9 Å². The fourth-order valence-electron chi connectivity index (χ4n) is 9.54. The average molecular weight is 1320 g/mol. The molecule has 0 saturated heterocycles. The second-order valence-corrected chi connectivity index (χ2v) is 21.8. The third-order valence-electron chi connectivity index (χ3n) is 14.6. The molecule has 464 valence electrons. The van der Waals surface area contributed by atoms with Crippen molar-refractivity contribution in [3.63, 3.8) is 0 Å². The van der Waals surface area contributed by atoms with Crippen LogP contribution in [0.1, 0.15) is 55.6 Å². The summed E-state index contributed by atoms with van der Waals surface area (Å²) in [5.74, 6) is 1.54. The summed E-state index contributed by atoms with van der Waals surface area (Å²) in [7, 11) is 3.27. The summed E-state index contributed by atoms with van der Waals surface area (Å²) < 4.78 is 61.4. The number of rotatable bonds is 29. The predicted molar refractivity (Wildman–Crippen MR) is 353 cm³/mol. The van der Waals surface area contributed by atoms with Crippen molar-refractivity contribution in [2.24, 2.45) is 0 Å². The van der Waals surface area contributed by atoms with Crippen LogP contribution in [-0.2, 0) is 101 Å². The van der Waals surface area contributed by atoms with Crippen molar-refractivity contribution in [3.8, 4) is 11.5 Å². The van der Waals surface area contributed by atoms with Crippen LogP contribution in [0.15, 0.2) is 244 Å². The van der Waals surface area contributed by atoms with E-state index in [2.05, 4.69) is 81.4 Å². The number of hydrogen-bond donors (Lipinski definition) is 2. The number of benzene rings is 8. The second kappa shape index (κ2) is 39.4. The number of hydrogen-bond acceptors (Lipinski definition) is 12. The van der Waals surface area contributed by atoms with Crippen LogP contribution < -0.4 is 9.47 Å². The van der Waals surface area contributed by atoms with E-state index < -0.39 is 48.8 Å². The number of aliphatic hydroxyl groups is 2. The molecule has 0 saturated carbocycles. The lowest BCUT2D eigenvalue weighted by molar-refractivity contribution is -0.194. The van der Waals surface area contributed by atoms with Crippen molar-refractivity contribution < 1.29 is 57.6 Å². The van der Waals surface area contributed by atoms with Crippen LogP contribution >= 0.6 is 31.9 Å². The van der Waals surface area contributed by atoms with Crippen LogP contribution in [0.25, 0.3) is 0 Å². The first-order chi connectivity index (χ1) is 43.2. The Morgan fingerprint density at radius 3 is 1.39 bits per heavy atom. The Kier molecular flexibility index (Phi) is 30.9. The third-order valence-corrected chi connectivity index (χ3v) is 15.8. The summed E-state index contributed by atoms with van der Waals surface area (Å²) in [6, 6.07) is 71.4. The molecule has 0 aliphatic carbocycles. The fourth-order valence-corrected chi connectivity index (χ4v) is 10.6. The highest BCUT2D eigenvalue weighted by Crippen LogP contribution is 2.28. The number of ether oxygens (including phenoxy) is 10. The van der Waals surface area contributed by atoms with Crippen LogP contribution in [-0.4, -0.2) is 86.5 Å². The minimum absolute atomic E-state index is 0.233. The summed E-state index contributed by atoms with van der Waals surface area (Å²) in [5.41, 5.74) is 10.8.